The number of nitrogens with zero attached hydrogens (tertiary/aromatic N) is 2. The third-order valence-corrected chi connectivity index (χ3v) is 5.38. The van der Waals surface area contributed by atoms with E-state index in [2.05, 4.69) is 15.3 Å². The van der Waals surface area contributed by atoms with Gasteiger partial charge >= 0.3 is 12.3 Å². The number of nitrogens with one attached hydrogen (secondary N) is 1. The predicted octanol–water partition coefficient (Wildman–Crippen LogP) is 4.04. The average Bonchev–Trinajstić information content (AvgIpc) is 2.90. The lowest BCUT2D eigenvalue weighted by Gasteiger charge is -2.32. The van der Waals surface area contributed by atoms with Crippen molar-refractivity contribution in [2.24, 2.45) is 0 Å². The minimum absolute atomic E-state index is 0.00351. The molecule has 1 N–H and O–H groups in total. The number of carbonyl (C=O) groups is 2. The molecule has 10 nitrogen and oxygen atoms in total. The van der Waals surface area contributed by atoms with Crippen molar-refractivity contribution in [1.29, 1.82) is 0 Å². The van der Waals surface area contributed by atoms with E-state index in [0.717, 1.165) is 5.56 Å². The van der Waals surface area contributed by atoms with Gasteiger partial charge in [0.05, 0.1) is 0 Å². The zero-order chi connectivity index (χ0) is 27.7. The molecule has 0 saturated heterocycles. The quantitative estimate of drug-likeness (QED) is 0.425. The van der Waals surface area contributed by atoms with E-state index in [1.807, 2.05) is 38.1 Å². The van der Waals surface area contributed by atoms with Gasteiger partial charge in [-0.2, -0.15) is 19.2 Å². The number of Topliss-reactive ketones (excluding diaryl/α,β-unsaturated/α-hetero) is 1. The average molecular weight is 506 g/mol. The number of rotatable bonds is 9. The van der Waals surface area contributed by atoms with Crippen molar-refractivity contribution in [2.45, 2.75) is 45.6 Å². The number of ether oxygens (including phenoxy) is 1. The summed E-state index contributed by atoms with van der Waals surface area (Å²) in [6, 6.07) is 16.4. The van der Waals surface area contributed by atoms with Gasteiger partial charge in [0.1, 0.15) is 11.5 Å². The normalized spacial score (nSPS) is 9.70. The predicted molar refractivity (Wildman–Crippen MR) is 130 cm³/mol. The number of ketones is 1. The van der Waals surface area contributed by atoms with E-state index < -0.39 is 5.54 Å². The third kappa shape index (κ3) is 10.2. The van der Waals surface area contributed by atoms with Crippen molar-refractivity contribution >= 4 is 24.0 Å². The monoisotopic (exact) mass is 505 g/mol. The molecule has 0 bridgehead atoms. The van der Waals surface area contributed by atoms with Crippen molar-refractivity contribution < 1.29 is 33.5 Å². The van der Waals surface area contributed by atoms with Gasteiger partial charge in [-0.3, -0.25) is 9.59 Å². The van der Waals surface area contributed by atoms with Gasteiger partial charge in [-0.25, -0.2) is 9.97 Å². The molecule has 0 radical (unpaired) electrons. The van der Waals surface area contributed by atoms with Gasteiger partial charge in [-0.1, -0.05) is 13.8 Å². The fourth-order valence-corrected chi connectivity index (χ4v) is 3.47. The Kier molecular flexibility index (Phi) is 13.1. The van der Waals surface area contributed by atoms with Crippen LogP contribution in [0.5, 0.6) is 11.5 Å². The molecule has 3 rings (SSSR count). The highest BCUT2D eigenvalue weighted by molar-refractivity contribution is 5.97. The first kappa shape index (κ1) is 30.3. The van der Waals surface area contributed by atoms with E-state index in [1.54, 1.807) is 42.7 Å². The Morgan fingerprint density at radius 1 is 0.838 bits per heavy atom. The largest absolute Gasteiger partial charge is 0.457 e. The summed E-state index contributed by atoms with van der Waals surface area (Å²) in [6.45, 7) is 5.45. The van der Waals surface area contributed by atoms with Crippen LogP contribution in [0, 0.1) is 0 Å². The van der Waals surface area contributed by atoms with Gasteiger partial charge in [-0.05, 0) is 67.4 Å². The molecule has 10 heteroatoms. The summed E-state index contributed by atoms with van der Waals surface area (Å²) < 4.78 is 5.89. The summed E-state index contributed by atoms with van der Waals surface area (Å²) in [6.07, 6.45) is 5.57. The summed E-state index contributed by atoms with van der Waals surface area (Å²) in [7, 11) is 0. The molecular weight excluding hydrogens is 478 g/mol. The van der Waals surface area contributed by atoms with Gasteiger partial charge in [-0.15, -0.1) is 0 Å². The van der Waals surface area contributed by atoms with Crippen molar-refractivity contribution in [3.05, 3.63) is 72.6 Å². The number of benzene rings is 2. The SMILES string of the molecule is CCC(CC)(CC(=O)c1ccc(Oc2ccc(-c3ncccn3)cc2)cc1)NC(C)=O.O=C=O.O=C=O. The maximum absolute atomic E-state index is 12.8. The highest BCUT2D eigenvalue weighted by Crippen LogP contribution is 2.26. The number of hydrogen-bond donors (Lipinski definition) is 1. The number of amides is 1. The molecule has 0 aliphatic rings. The molecule has 3 aromatic rings. The van der Waals surface area contributed by atoms with Crippen LogP contribution >= 0.6 is 0 Å². The molecule has 0 aliphatic heterocycles. The molecule has 1 heterocycles. The zero-order valence-corrected chi connectivity index (χ0v) is 20.7. The fourth-order valence-electron chi connectivity index (χ4n) is 3.47. The Hall–Kier alpha value is -4.78. The minimum atomic E-state index is -0.512. The summed E-state index contributed by atoms with van der Waals surface area (Å²) in [5, 5.41) is 2.96. The van der Waals surface area contributed by atoms with Crippen molar-refractivity contribution in [1.82, 2.24) is 15.3 Å². The molecule has 0 unspecified atom stereocenters. The van der Waals surface area contributed by atoms with E-state index in [4.69, 9.17) is 23.9 Å². The highest BCUT2D eigenvalue weighted by atomic mass is 16.5. The second-order valence-corrected chi connectivity index (χ2v) is 7.66. The molecule has 0 aliphatic carbocycles. The summed E-state index contributed by atoms with van der Waals surface area (Å²) in [5.41, 5.74) is 0.992. The van der Waals surface area contributed by atoms with Crippen LogP contribution in [0.3, 0.4) is 0 Å². The molecular formula is C27H27N3O7. The molecule has 2 aromatic carbocycles. The Morgan fingerprint density at radius 3 is 1.73 bits per heavy atom. The molecule has 192 valence electrons. The second kappa shape index (κ2) is 16.0. The van der Waals surface area contributed by atoms with Gasteiger partial charge < -0.3 is 10.1 Å². The molecule has 0 atom stereocenters. The van der Waals surface area contributed by atoms with Crippen molar-refractivity contribution in [3.8, 4) is 22.9 Å². The van der Waals surface area contributed by atoms with Crippen LogP contribution in [0.4, 0.5) is 0 Å². The number of hydrogen-bond acceptors (Lipinski definition) is 9. The van der Waals surface area contributed by atoms with Crippen LogP contribution in [0.25, 0.3) is 11.4 Å². The maximum Gasteiger partial charge on any atom is 0.373 e. The van der Waals surface area contributed by atoms with Crippen molar-refractivity contribution in [2.75, 3.05) is 0 Å². The van der Waals surface area contributed by atoms with Crippen LogP contribution in [-0.4, -0.2) is 39.5 Å². The van der Waals surface area contributed by atoms with E-state index in [0.29, 0.717) is 35.7 Å². The Morgan fingerprint density at radius 2 is 1.30 bits per heavy atom. The summed E-state index contributed by atoms with van der Waals surface area (Å²) in [5.74, 6) is 1.85. The number of aromatic nitrogens is 2. The van der Waals surface area contributed by atoms with Gasteiger partial charge in [0.25, 0.3) is 0 Å². The lowest BCUT2D eigenvalue weighted by molar-refractivity contribution is -0.193. The van der Waals surface area contributed by atoms with Crippen LogP contribution in [0.2, 0.25) is 0 Å². The second-order valence-electron chi connectivity index (χ2n) is 7.66. The van der Waals surface area contributed by atoms with E-state index in [-0.39, 0.29) is 30.4 Å². The first-order chi connectivity index (χ1) is 17.8. The smallest absolute Gasteiger partial charge is 0.373 e. The lowest BCUT2D eigenvalue weighted by Crippen LogP contribution is -2.48. The van der Waals surface area contributed by atoms with Gasteiger partial charge in [0, 0.05) is 42.4 Å². The van der Waals surface area contributed by atoms with Crippen LogP contribution in [0.15, 0.2) is 67.0 Å². The Balaban J connectivity index is 0.00000104. The van der Waals surface area contributed by atoms with Gasteiger partial charge in [0.2, 0.25) is 5.91 Å². The molecule has 0 spiro atoms. The van der Waals surface area contributed by atoms with E-state index in [1.165, 1.54) is 6.92 Å². The Labute approximate surface area is 214 Å². The van der Waals surface area contributed by atoms with Crippen LogP contribution in [-0.2, 0) is 24.0 Å². The molecule has 1 amide bonds. The number of carbonyl (C=O) groups excluding carboxylic acids is 6. The van der Waals surface area contributed by atoms with Crippen LogP contribution < -0.4 is 10.1 Å². The Bertz CT molecular complexity index is 1180. The van der Waals surface area contributed by atoms with Crippen LogP contribution in [0.1, 0.15) is 50.4 Å². The van der Waals surface area contributed by atoms with E-state index in [9.17, 15) is 9.59 Å². The lowest BCUT2D eigenvalue weighted by atomic mass is 9.85. The minimum Gasteiger partial charge on any atom is -0.457 e. The maximum atomic E-state index is 12.8. The van der Waals surface area contributed by atoms with Gasteiger partial charge in [0.15, 0.2) is 11.6 Å². The summed E-state index contributed by atoms with van der Waals surface area (Å²) in [4.78, 5) is 65.3. The topological polar surface area (TPSA) is 149 Å². The standard InChI is InChI=1S/C25H27N3O3.2CO2/c1-4-25(5-2,28-18(3)29)17-23(30)19-7-11-21(12-8-19)31-22-13-9-20(10-14-22)24-26-15-6-16-27-24;2*2-1-3/h6-16H,4-5,17H2,1-3H3,(H,28,29);;. The highest BCUT2D eigenvalue weighted by Gasteiger charge is 2.30. The molecule has 37 heavy (non-hydrogen) atoms. The third-order valence-electron chi connectivity index (χ3n) is 5.38. The summed E-state index contributed by atoms with van der Waals surface area (Å²) >= 11 is 0. The zero-order valence-electron chi connectivity index (χ0n) is 20.7. The molecule has 1 aromatic heterocycles. The molecule has 0 fully saturated rings. The first-order valence-corrected chi connectivity index (χ1v) is 11.2. The van der Waals surface area contributed by atoms with Crippen molar-refractivity contribution in [3.63, 3.8) is 0 Å². The fraction of sp³-hybridized carbons (Fsp3) is 0.259. The molecule has 0 saturated carbocycles. The first-order valence-electron chi connectivity index (χ1n) is 11.2. The van der Waals surface area contributed by atoms with E-state index >= 15 is 0 Å².